The van der Waals surface area contributed by atoms with Gasteiger partial charge in [-0.3, -0.25) is 9.59 Å². The van der Waals surface area contributed by atoms with Gasteiger partial charge in [-0.2, -0.15) is 0 Å². The number of Topliss-reactive ketones (excluding diaryl/α,β-unsaturated/α-hetero) is 1. The van der Waals surface area contributed by atoms with Crippen LogP contribution in [0.25, 0.3) is 0 Å². The Kier molecular flexibility index (Phi) is 4.97. The highest BCUT2D eigenvalue weighted by Gasteiger charge is 2.30. The molecule has 0 aliphatic heterocycles. The summed E-state index contributed by atoms with van der Waals surface area (Å²) in [7, 11) is 1.61. The predicted molar refractivity (Wildman–Crippen MR) is 80.2 cm³/mol. The average molecular weight is 289 g/mol. The molecular weight excluding hydrogens is 270 g/mol. The normalized spacial score (nSPS) is 16.6. The second kappa shape index (κ2) is 6.71. The minimum Gasteiger partial charge on any atom is -0.320 e. The molecule has 4 heteroatoms. The number of carbonyl (C=O) groups excluding carboxylic acids is 2. The summed E-state index contributed by atoms with van der Waals surface area (Å²) in [5.41, 5.74) is 0. The molecule has 1 unspecified atom stereocenters. The third-order valence-corrected chi connectivity index (χ3v) is 4.84. The van der Waals surface area contributed by atoms with Crippen molar-refractivity contribution in [3.63, 3.8) is 0 Å². The van der Waals surface area contributed by atoms with Crippen molar-refractivity contribution in [1.29, 1.82) is 0 Å². The van der Waals surface area contributed by atoms with E-state index in [9.17, 15) is 9.59 Å². The Bertz CT molecular complexity index is 509. The van der Waals surface area contributed by atoms with E-state index in [2.05, 4.69) is 5.92 Å². The fraction of sp³-hybridized carbons (Fsp3) is 0.500. The number of hydrogen-bond acceptors (Lipinski definition) is 3. The first kappa shape index (κ1) is 14.8. The number of carbonyl (C=O) groups is 2. The Morgan fingerprint density at radius 1 is 1.50 bits per heavy atom. The highest BCUT2D eigenvalue weighted by Crippen LogP contribution is 2.32. The van der Waals surface area contributed by atoms with E-state index in [1.54, 1.807) is 7.05 Å². The summed E-state index contributed by atoms with van der Waals surface area (Å²) in [5, 5.41) is 1.92. The van der Waals surface area contributed by atoms with Crippen LogP contribution < -0.4 is 0 Å². The van der Waals surface area contributed by atoms with Crippen molar-refractivity contribution >= 4 is 23.0 Å². The van der Waals surface area contributed by atoms with Crippen molar-refractivity contribution < 1.29 is 9.59 Å². The SMILES string of the molecule is C#CC(=O)N(C)C(C(=O)CC1CCCC1)c1cccs1. The van der Waals surface area contributed by atoms with Crippen LogP contribution in [0.2, 0.25) is 0 Å². The highest BCUT2D eigenvalue weighted by atomic mass is 32.1. The number of terminal acetylenes is 1. The Morgan fingerprint density at radius 2 is 2.20 bits per heavy atom. The quantitative estimate of drug-likeness (QED) is 0.781. The van der Waals surface area contributed by atoms with Crippen molar-refractivity contribution in [2.24, 2.45) is 5.92 Å². The lowest BCUT2D eigenvalue weighted by atomic mass is 9.96. The molecule has 0 spiro atoms. The molecule has 1 saturated carbocycles. The number of rotatable bonds is 5. The van der Waals surface area contributed by atoms with Crippen LogP contribution in [0.4, 0.5) is 0 Å². The largest absolute Gasteiger partial charge is 0.320 e. The van der Waals surface area contributed by atoms with Crippen LogP contribution >= 0.6 is 11.3 Å². The van der Waals surface area contributed by atoms with Crippen molar-refractivity contribution in [1.82, 2.24) is 4.90 Å². The molecule has 20 heavy (non-hydrogen) atoms. The summed E-state index contributed by atoms with van der Waals surface area (Å²) in [6.07, 6.45) is 10.4. The van der Waals surface area contributed by atoms with Crippen LogP contribution in [0.5, 0.6) is 0 Å². The van der Waals surface area contributed by atoms with E-state index in [-0.39, 0.29) is 5.78 Å². The average Bonchev–Trinajstić information content (AvgIpc) is 3.11. The van der Waals surface area contributed by atoms with E-state index in [1.807, 2.05) is 17.5 Å². The van der Waals surface area contributed by atoms with E-state index < -0.39 is 11.9 Å². The maximum Gasteiger partial charge on any atom is 0.298 e. The first-order valence-electron chi connectivity index (χ1n) is 6.93. The molecule has 0 radical (unpaired) electrons. The van der Waals surface area contributed by atoms with Crippen molar-refractivity contribution in [3.8, 4) is 12.3 Å². The molecule has 0 bridgehead atoms. The third kappa shape index (κ3) is 3.29. The molecule has 1 amide bonds. The molecule has 0 N–H and O–H groups in total. The minimum atomic E-state index is -0.529. The molecule has 1 atom stereocenters. The summed E-state index contributed by atoms with van der Waals surface area (Å²) in [4.78, 5) is 26.6. The molecule has 3 nitrogen and oxygen atoms in total. The van der Waals surface area contributed by atoms with Gasteiger partial charge in [-0.15, -0.1) is 17.8 Å². The Hall–Kier alpha value is -1.60. The van der Waals surface area contributed by atoms with Crippen LogP contribution in [-0.2, 0) is 9.59 Å². The van der Waals surface area contributed by atoms with Gasteiger partial charge in [-0.1, -0.05) is 31.7 Å². The molecule has 106 valence electrons. The lowest BCUT2D eigenvalue weighted by molar-refractivity contribution is -0.134. The lowest BCUT2D eigenvalue weighted by Gasteiger charge is -2.25. The summed E-state index contributed by atoms with van der Waals surface area (Å²) in [6, 6.07) is 3.26. The van der Waals surface area contributed by atoms with Gasteiger partial charge in [0.2, 0.25) is 0 Å². The van der Waals surface area contributed by atoms with Crippen molar-refractivity contribution in [2.75, 3.05) is 7.05 Å². The van der Waals surface area contributed by atoms with Crippen LogP contribution in [-0.4, -0.2) is 23.6 Å². The zero-order chi connectivity index (χ0) is 14.5. The van der Waals surface area contributed by atoms with E-state index in [4.69, 9.17) is 6.42 Å². The highest BCUT2D eigenvalue weighted by molar-refractivity contribution is 7.10. The topological polar surface area (TPSA) is 37.4 Å². The van der Waals surface area contributed by atoms with E-state index in [0.29, 0.717) is 12.3 Å². The van der Waals surface area contributed by atoms with Crippen LogP contribution in [0, 0.1) is 18.3 Å². The van der Waals surface area contributed by atoms with Gasteiger partial charge in [0.1, 0.15) is 6.04 Å². The number of ketones is 1. The van der Waals surface area contributed by atoms with Gasteiger partial charge < -0.3 is 4.90 Å². The first-order chi connectivity index (χ1) is 9.63. The number of amides is 1. The number of likely N-dealkylation sites (N-methyl/N-ethyl adjacent to an activating group) is 1. The summed E-state index contributed by atoms with van der Waals surface area (Å²) < 4.78 is 0. The summed E-state index contributed by atoms with van der Waals surface area (Å²) in [5.74, 6) is 2.23. The number of nitrogens with zero attached hydrogens (tertiary/aromatic N) is 1. The van der Waals surface area contributed by atoms with Gasteiger partial charge in [-0.05, 0) is 23.3 Å². The fourth-order valence-electron chi connectivity index (χ4n) is 2.84. The minimum absolute atomic E-state index is 0.102. The molecule has 2 rings (SSSR count). The standard InChI is InChI=1S/C16H19NO2S/c1-3-15(19)17(2)16(14-9-6-10-20-14)13(18)11-12-7-4-5-8-12/h1,6,9-10,12,16H,4-5,7-8,11H2,2H3. The third-order valence-electron chi connectivity index (χ3n) is 3.91. The predicted octanol–water partition coefficient (Wildman–Crippen LogP) is 3.03. The second-order valence-electron chi connectivity index (χ2n) is 5.30. The molecule has 1 fully saturated rings. The number of thiophene rings is 1. The summed E-state index contributed by atoms with van der Waals surface area (Å²) in [6.45, 7) is 0. The van der Waals surface area contributed by atoms with Gasteiger partial charge in [0.05, 0.1) is 0 Å². The van der Waals surface area contributed by atoms with Crippen LogP contribution in [0.3, 0.4) is 0 Å². The van der Waals surface area contributed by atoms with Crippen molar-refractivity contribution in [3.05, 3.63) is 22.4 Å². The van der Waals surface area contributed by atoms with Gasteiger partial charge in [-0.25, -0.2) is 0 Å². The monoisotopic (exact) mass is 289 g/mol. The van der Waals surface area contributed by atoms with Gasteiger partial charge in [0.25, 0.3) is 5.91 Å². The molecular formula is C16H19NO2S. The maximum atomic E-state index is 12.6. The van der Waals surface area contributed by atoms with E-state index >= 15 is 0 Å². The van der Waals surface area contributed by atoms with E-state index in [1.165, 1.54) is 29.1 Å². The molecule has 1 aliphatic carbocycles. The van der Waals surface area contributed by atoms with Gasteiger partial charge in [0, 0.05) is 18.3 Å². The Balaban J connectivity index is 2.15. The van der Waals surface area contributed by atoms with Gasteiger partial charge in [0.15, 0.2) is 5.78 Å². The number of hydrogen-bond donors (Lipinski definition) is 0. The smallest absolute Gasteiger partial charge is 0.298 e. The molecule has 1 aromatic rings. The summed E-state index contributed by atoms with van der Waals surface area (Å²) >= 11 is 1.49. The zero-order valence-electron chi connectivity index (χ0n) is 11.7. The maximum absolute atomic E-state index is 12.6. The van der Waals surface area contributed by atoms with Gasteiger partial charge >= 0.3 is 0 Å². The van der Waals surface area contributed by atoms with Crippen LogP contribution in [0.1, 0.15) is 43.0 Å². The molecule has 1 aliphatic rings. The molecule has 1 aromatic heterocycles. The Morgan fingerprint density at radius 3 is 2.75 bits per heavy atom. The zero-order valence-corrected chi connectivity index (χ0v) is 12.5. The lowest BCUT2D eigenvalue weighted by Crippen LogP contribution is -2.35. The van der Waals surface area contributed by atoms with E-state index in [0.717, 1.165) is 17.7 Å². The van der Waals surface area contributed by atoms with Crippen molar-refractivity contribution in [2.45, 2.75) is 38.1 Å². The fourth-order valence-corrected chi connectivity index (χ4v) is 3.73. The Labute approximate surface area is 124 Å². The molecule has 1 heterocycles. The second-order valence-corrected chi connectivity index (χ2v) is 6.28. The molecule has 0 aromatic carbocycles. The van der Waals surface area contributed by atoms with Crippen LogP contribution in [0.15, 0.2) is 17.5 Å². The molecule has 0 saturated heterocycles. The first-order valence-corrected chi connectivity index (χ1v) is 7.81.